The minimum Gasteiger partial charge on any atom is -0.352 e. The summed E-state index contributed by atoms with van der Waals surface area (Å²) in [6, 6.07) is 10.7. The normalized spacial score (nSPS) is 17.7. The maximum Gasteiger partial charge on any atom is 0.227 e. The lowest BCUT2D eigenvalue weighted by Gasteiger charge is -2.16. The van der Waals surface area contributed by atoms with Crippen LogP contribution in [-0.4, -0.2) is 40.1 Å². The molecule has 1 aromatic carbocycles. The van der Waals surface area contributed by atoms with Crippen LogP contribution in [0.15, 0.2) is 34.9 Å². The number of carbonyl (C=O) groups excluding carboxylic acids is 1. The van der Waals surface area contributed by atoms with Gasteiger partial charge in [0.15, 0.2) is 5.82 Å². The Hall–Kier alpha value is -2.21. The van der Waals surface area contributed by atoms with Crippen LogP contribution in [0, 0.1) is 0 Å². The van der Waals surface area contributed by atoms with Crippen LogP contribution in [0.25, 0.3) is 0 Å². The number of hydrogen-bond acceptors (Lipinski definition) is 5. The molecule has 3 rings (SSSR count). The van der Waals surface area contributed by atoms with Gasteiger partial charge >= 0.3 is 0 Å². The Kier molecular flexibility index (Phi) is 6.17. The largest absolute Gasteiger partial charge is 0.352 e. The molecule has 6 nitrogen and oxygen atoms in total. The number of hydrogen-bond donors (Lipinski definition) is 1. The summed E-state index contributed by atoms with van der Waals surface area (Å²) in [5, 5.41) is 7.04. The van der Waals surface area contributed by atoms with E-state index in [1.165, 1.54) is 5.56 Å². The molecule has 25 heavy (non-hydrogen) atoms. The van der Waals surface area contributed by atoms with Gasteiger partial charge in [-0.1, -0.05) is 42.4 Å². The van der Waals surface area contributed by atoms with Gasteiger partial charge in [-0.15, -0.1) is 0 Å². The molecule has 134 valence electrons. The molecule has 1 amide bonds. The molecule has 0 bridgehead atoms. The Morgan fingerprint density at radius 1 is 1.32 bits per heavy atom. The van der Waals surface area contributed by atoms with Gasteiger partial charge < -0.3 is 9.84 Å². The molecule has 1 aromatic heterocycles. The first-order chi connectivity index (χ1) is 12.2. The number of rotatable bonds is 8. The lowest BCUT2D eigenvalue weighted by molar-refractivity contribution is -0.121. The first-order valence-electron chi connectivity index (χ1n) is 9.10. The van der Waals surface area contributed by atoms with Crippen LogP contribution in [0.1, 0.15) is 43.5 Å². The van der Waals surface area contributed by atoms with Gasteiger partial charge in [0.05, 0.1) is 0 Å². The molecular formula is C19H26N4O2. The maximum atomic E-state index is 12.2. The van der Waals surface area contributed by atoms with Crippen molar-refractivity contribution in [2.45, 2.75) is 51.6 Å². The van der Waals surface area contributed by atoms with Crippen molar-refractivity contribution >= 4 is 5.91 Å². The van der Waals surface area contributed by atoms with E-state index in [1.807, 2.05) is 6.07 Å². The highest BCUT2D eigenvalue weighted by Crippen LogP contribution is 2.13. The Morgan fingerprint density at radius 2 is 2.16 bits per heavy atom. The van der Waals surface area contributed by atoms with Crippen molar-refractivity contribution in [1.29, 1.82) is 0 Å². The van der Waals surface area contributed by atoms with Gasteiger partial charge in [-0.2, -0.15) is 4.98 Å². The Balaban J connectivity index is 1.38. The highest BCUT2D eigenvalue weighted by molar-refractivity contribution is 5.76. The fraction of sp³-hybridized carbons (Fsp3) is 0.526. The number of benzene rings is 1. The van der Waals surface area contributed by atoms with E-state index in [-0.39, 0.29) is 11.9 Å². The second kappa shape index (κ2) is 8.76. The van der Waals surface area contributed by atoms with E-state index in [1.54, 1.807) is 0 Å². The van der Waals surface area contributed by atoms with E-state index < -0.39 is 0 Å². The predicted molar refractivity (Wildman–Crippen MR) is 94.9 cm³/mol. The zero-order valence-electron chi connectivity index (χ0n) is 14.8. The molecule has 1 fully saturated rings. The number of aromatic nitrogens is 2. The number of nitrogens with zero attached hydrogens (tertiary/aromatic N) is 3. The number of nitrogens with one attached hydrogen (secondary N) is 1. The topological polar surface area (TPSA) is 71.3 Å². The highest BCUT2D eigenvalue weighted by Gasteiger charge is 2.23. The summed E-state index contributed by atoms with van der Waals surface area (Å²) in [6.45, 7) is 4.94. The number of carbonyl (C=O) groups is 1. The van der Waals surface area contributed by atoms with Gasteiger partial charge in [-0.25, -0.2) is 0 Å². The van der Waals surface area contributed by atoms with E-state index in [0.717, 1.165) is 44.7 Å². The van der Waals surface area contributed by atoms with Gasteiger partial charge in [0.25, 0.3) is 0 Å². The fourth-order valence-corrected chi connectivity index (χ4v) is 3.17. The lowest BCUT2D eigenvalue weighted by Crippen LogP contribution is -2.37. The van der Waals surface area contributed by atoms with Gasteiger partial charge in [0, 0.05) is 44.9 Å². The highest BCUT2D eigenvalue weighted by atomic mass is 16.5. The van der Waals surface area contributed by atoms with Crippen LogP contribution in [-0.2, 0) is 24.2 Å². The second-order valence-electron chi connectivity index (χ2n) is 6.63. The van der Waals surface area contributed by atoms with E-state index in [9.17, 15) is 4.79 Å². The van der Waals surface area contributed by atoms with Crippen molar-refractivity contribution in [3.8, 4) is 0 Å². The average molecular weight is 342 g/mol. The van der Waals surface area contributed by atoms with Crippen LogP contribution in [0.3, 0.4) is 0 Å². The van der Waals surface area contributed by atoms with Crippen molar-refractivity contribution in [3.63, 3.8) is 0 Å². The summed E-state index contributed by atoms with van der Waals surface area (Å²) in [7, 11) is 0. The summed E-state index contributed by atoms with van der Waals surface area (Å²) in [5.74, 6) is 1.34. The van der Waals surface area contributed by atoms with E-state index in [0.29, 0.717) is 18.7 Å². The molecule has 2 heterocycles. The molecule has 1 atom stereocenters. The molecule has 1 saturated heterocycles. The monoisotopic (exact) mass is 342 g/mol. The fourth-order valence-electron chi connectivity index (χ4n) is 3.17. The Bertz CT molecular complexity index is 671. The van der Waals surface area contributed by atoms with Crippen LogP contribution in [0.4, 0.5) is 0 Å². The van der Waals surface area contributed by atoms with Crippen molar-refractivity contribution in [2.75, 3.05) is 13.1 Å². The first-order valence-corrected chi connectivity index (χ1v) is 9.10. The molecular weight excluding hydrogens is 316 g/mol. The lowest BCUT2D eigenvalue weighted by atomic mass is 10.2. The molecule has 1 aliphatic rings. The van der Waals surface area contributed by atoms with Gasteiger partial charge in [0.1, 0.15) is 0 Å². The van der Waals surface area contributed by atoms with Crippen LogP contribution < -0.4 is 5.32 Å². The van der Waals surface area contributed by atoms with Gasteiger partial charge in [0.2, 0.25) is 11.8 Å². The van der Waals surface area contributed by atoms with Crippen LogP contribution >= 0.6 is 0 Å². The zero-order chi connectivity index (χ0) is 17.5. The minimum absolute atomic E-state index is 0.0572. The first kappa shape index (κ1) is 17.6. The summed E-state index contributed by atoms with van der Waals surface area (Å²) in [6.07, 6.45) is 3.70. The average Bonchev–Trinajstić information content (AvgIpc) is 3.24. The summed E-state index contributed by atoms with van der Waals surface area (Å²) in [4.78, 5) is 18.8. The third-order valence-electron chi connectivity index (χ3n) is 4.44. The number of amides is 1. The number of aryl methyl sites for hydroxylation is 2. The third kappa shape index (κ3) is 5.39. The van der Waals surface area contributed by atoms with Crippen LogP contribution in [0.5, 0.6) is 0 Å². The van der Waals surface area contributed by atoms with Crippen molar-refractivity contribution < 1.29 is 9.32 Å². The predicted octanol–water partition coefficient (Wildman–Crippen LogP) is 2.35. The van der Waals surface area contributed by atoms with Gasteiger partial charge in [-0.05, 0) is 18.4 Å². The molecule has 0 saturated carbocycles. The van der Waals surface area contributed by atoms with Gasteiger partial charge in [-0.3, -0.25) is 9.69 Å². The molecule has 0 unspecified atom stereocenters. The quantitative estimate of drug-likeness (QED) is 0.797. The molecule has 0 radical (unpaired) electrons. The summed E-state index contributed by atoms with van der Waals surface area (Å²) >= 11 is 0. The van der Waals surface area contributed by atoms with Crippen LogP contribution in [0.2, 0.25) is 0 Å². The second-order valence-corrected chi connectivity index (χ2v) is 6.63. The zero-order valence-corrected chi connectivity index (χ0v) is 14.8. The number of likely N-dealkylation sites (tertiary alicyclic amines) is 1. The SMILES string of the molecule is CCCc1noc(CCC(=O)N[C@@H]2CCN(Cc3ccccc3)C2)n1. The van der Waals surface area contributed by atoms with Crippen molar-refractivity contribution in [3.05, 3.63) is 47.6 Å². The molecule has 1 aliphatic heterocycles. The Morgan fingerprint density at radius 3 is 2.96 bits per heavy atom. The van der Waals surface area contributed by atoms with E-state index in [4.69, 9.17) is 4.52 Å². The molecule has 0 spiro atoms. The van der Waals surface area contributed by atoms with E-state index >= 15 is 0 Å². The van der Waals surface area contributed by atoms with Crippen molar-refractivity contribution in [1.82, 2.24) is 20.4 Å². The third-order valence-corrected chi connectivity index (χ3v) is 4.44. The standard InChI is InChI=1S/C19H26N4O2/c1-2-6-17-21-19(25-22-17)10-9-18(24)20-16-11-12-23(14-16)13-15-7-4-3-5-8-15/h3-5,7-8,16H,2,6,9-14H2,1H3,(H,20,24)/t16-/m1/s1. The summed E-state index contributed by atoms with van der Waals surface area (Å²) < 4.78 is 5.17. The smallest absolute Gasteiger partial charge is 0.227 e. The minimum atomic E-state index is 0.0572. The maximum absolute atomic E-state index is 12.2. The Labute approximate surface area is 148 Å². The molecule has 2 aromatic rings. The van der Waals surface area contributed by atoms with Crippen molar-refractivity contribution in [2.24, 2.45) is 0 Å². The molecule has 0 aliphatic carbocycles. The van der Waals surface area contributed by atoms with E-state index in [2.05, 4.69) is 51.5 Å². The molecule has 6 heteroatoms. The summed E-state index contributed by atoms with van der Waals surface area (Å²) in [5.41, 5.74) is 1.31. The molecule has 1 N–H and O–H groups in total.